The average molecular weight is 280 g/mol. The molecule has 1 heterocycles. The van der Waals surface area contributed by atoms with Gasteiger partial charge in [0, 0.05) is 5.69 Å². The number of nitrogens with two attached hydrogens (primary N) is 1. The number of rotatable bonds is 1. The van der Waals surface area contributed by atoms with E-state index in [1.165, 1.54) is 6.07 Å². The van der Waals surface area contributed by atoms with Crippen LogP contribution in [0.5, 0.6) is 0 Å². The van der Waals surface area contributed by atoms with Crippen LogP contribution in [-0.4, -0.2) is 31.4 Å². The summed E-state index contributed by atoms with van der Waals surface area (Å²) in [5.74, 6) is -1.21. The molecule has 2 rings (SSSR count). The molecule has 5 nitrogen and oxygen atoms in total. The van der Waals surface area contributed by atoms with Gasteiger partial charge in [-0.2, -0.15) is 13.2 Å². The van der Waals surface area contributed by atoms with Gasteiger partial charge < -0.3 is 5.73 Å². The van der Waals surface area contributed by atoms with Gasteiger partial charge in [0.1, 0.15) is 11.4 Å². The van der Waals surface area contributed by atoms with E-state index >= 15 is 0 Å². The number of anilines is 1. The fraction of sp³-hybridized carbons (Fsp3) is 0.222. The van der Waals surface area contributed by atoms with Gasteiger partial charge in [0.25, 0.3) is 15.9 Å². The summed E-state index contributed by atoms with van der Waals surface area (Å²) in [5.41, 5.74) is 5.14. The van der Waals surface area contributed by atoms with Crippen LogP contribution in [-0.2, 0) is 10.0 Å². The van der Waals surface area contributed by atoms with E-state index in [4.69, 9.17) is 5.73 Å². The van der Waals surface area contributed by atoms with Crippen molar-refractivity contribution in [2.24, 2.45) is 0 Å². The SMILES string of the molecule is Nc1ccc2c(c1)C(=O)N(CC(F)(F)F)S2(=O)=O. The highest BCUT2D eigenvalue weighted by atomic mass is 32.2. The molecule has 9 heteroatoms. The van der Waals surface area contributed by atoms with Gasteiger partial charge in [-0.05, 0) is 18.2 Å². The van der Waals surface area contributed by atoms with Crippen molar-refractivity contribution in [1.29, 1.82) is 0 Å². The monoisotopic (exact) mass is 280 g/mol. The summed E-state index contributed by atoms with van der Waals surface area (Å²) in [7, 11) is -4.44. The number of sulfonamides is 1. The van der Waals surface area contributed by atoms with Crippen LogP contribution in [0.15, 0.2) is 23.1 Å². The number of benzene rings is 1. The first kappa shape index (κ1) is 12.7. The molecule has 0 fully saturated rings. The number of nitrogens with zero attached hydrogens (tertiary/aromatic N) is 1. The Hall–Kier alpha value is -1.77. The lowest BCUT2D eigenvalue weighted by Gasteiger charge is -2.16. The second-order valence-corrected chi connectivity index (χ2v) is 5.52. The zero-order valence-electron chi connectivity index (χ0n) is 8.73. The Labute approximate surface area is 100 Å². The predicted molar refractivity (Wildman–Crippen MR) is 55.1 cm³/mol. The number of nitrogen functional groups attached to an aromatic ring is 1. The normalized spacial score (nSPS) is 17.9. The Morgan fingerprint density at radius 1 is 1.28 bits per heavy atom. The van der Waals surface area contributed by atoms with Crippen LogP contribution in [0.3, 0.4) is 0 Å². The fourth-order valence-electron chi connectivity index (χ4n) is 1.62. The summed E-state index contributed by atoms with van der Waals surface area (Å²) in [4.78, 5) is 11.2. The molecule has 1 aromatic rings. The highest BCUT2D eigenvalue weighted by Gasteiger charge is 2.46. The van der Waals surface area contributed by atoms with Crippen LogP contribution in [0.2, 0.25) is 0 Å². The minimum atomic E-state index is -4.80. The molecule has 1 aromatic carbocycles. The molecular formula is C9H7F3N2O3S. The molecule has 0 unspecified atom stereocenters. The Kier molecular flexibility index (Phi) is 2.54. The molecule has 0 spiro atoms. The molecule has 1 aliphatic heterocycles. The Bertz CT molecular complexity index is 624. The number of amides is 1. The van der Waals surface area contributed by atoms with Gasteiger partial charge >= 0.3 is 6.18 Å². The maximum atomic E-state index is 12.2. The van der Waals surface area contributed by atoms with Crippen molar-refractivity contribution in [2.75, 3.05) is 12.3 Å². The third-order valence-electron chi connectivity index (χ3n) is 2.35. The minimum Gasteiger partial charge on any atom is -0.399 e. The summed E-state index contributed by atoms with van der Waals surface area (Å²) in [6, 6.07) is 3.28. The second-order valence-electron chi connectivity index (χ2n) is 3.69. The van der Waals surface area contributed by atoms with E-state index in [0.717, 1.165) is 12.1 Å². The van der Waals surface area contributed by atoms with Gasteiger partial charge in [-0.15, -0.1) is 0 Å². The van der Waals surface area contributed by atoms with Crippen LogP contribution >= 0.6 is 0 Å². The summed E-state index contributed by atoms with van der Waals surface area (Å²) < 4.78 is 60.0. The summed E-state index contributed by atoms with van der Waals surface area (Å²) in [5, 5.41) is 0. The first-order chi connectivity index (χ1) is 8.13. The number of carbonyl (C=O) groups excluding carboxylic acids is 1. The van der Waals surface area contributed by atoms with Crippen molar-refractivity contribution in [3.8, 4) is 0 Å². The van der Waals surface area contributed by atoms with E-state index in [0.29, 0.717) is 0 Å². The number of halogens is 3. The van der Waals surface area contributed by atoms with Gasteiger partial charge in [-0.1, -0.05) is 0 Å². The number of carbonyl (C=O) groups is 1. The second kappa shape index (κ2) is 3.61. The van der Waals surface area contributed by atoms with E-state index < -0.39 is 33.5 Å². The standard InChI is InChI=1S/C9H7F3N2O3S/c10-9(11,12)4-14-8(15)6-3-5(13)1-2-7(6)18(14,16)17/h1-3H,4,13H2. The van der Waals surface area contributed by atoms with Crippen molar-refractivity contribution >= 4 is 21.6 Å². The van der Waals surface area contributed by atoms with Crippen LogP contribution in [0.25, 0.3) is 0 Å². The number of fused-ring (bicyclic) bond motifs is 1. The molecule has 0 saturated heterocycles. The Morgan fingerprint density at radius 2 is 1.89 bits per heavy atom. The van der Waals surface area contributed by atoms with Crippen LogP contribution in [0.4, 0.5) is 18.9 Å². The molecule has 0 atom stereocenters. The molecule has 0 saturated carbocycles. The molecule has 1 amide bonds. The molecule has 0 radical (unpaired) electrons. The summed E-state index contributed by atoms with van der Waals surface area (Å²) in [6.45, 7) is -1.84. The van der Waals surface area contributed by atoms with Crippen molar-refractivity contribution in [3.63, 3.8) is 0 Å². The molecule has 18 heavy (non-hydrogen) atoms. The largest absolute Gasteiger partial charge is 0.407 e. The lowest BCUT2D eigenvalue weighted by Crippen LogP contribution is -2.38. The number of alkyl halides is 3. The van der Waals surface area contributed by atoms with Crippen molar-refractivity contribution in [3.05, 3.63) is 23.8 Å². The maximum absolute atomic E-state index is 12.2. The quantitative estimate of drug-likeness (QED) is 0.777. The zero-order chi connectivity index (χ0) is 13.7. The third-order valence-corrected chi connectivity index (χ3v) is 4.14. The van der Waals surface area contributed by atoms with Crippen molar-refractivity contribution < 1.29 is 26.4 Å². The molecule has 0 bridgehead atoms. The molecule has 98 valence electrons. The van der Waals surface area contributed by atoms with Crippen molar-refractivity contribution in [1.82, 2.24) is 4.31 Å². The van der Waals surface area contributed by atoms with E-state index in [1.807, 2.05) is 0 Å². The van der Waals surface area contributed by atoms with Crippen LogP contribution < -0.4 is 5.73 Å². The highest BCUT2D eigenvalue weighted by Crippen LogP contribution is 2.33. The average Bonchev–Trinajstić information content (AvgIpc) is 2.38. The van der Waals surface area contributed by atoms with E-state index in [-0.39, 0.29) is 15.6 Å². The number of hydrogen-bond donors (Lipinski definition) is 1. The summed E-state index contributed by atoms with van der Waals surface area (Å²) >= 11 is 0. The smallest absolute Gasteiger partial charge is 0.399 e. The molecule has 2 N–H and O–H groups in total. The summed E-state index contributed by atoms with van der Waals surface area (Å²) in [6.07, 6.45) is -4.80. The first-order valence-electron chi connectivity index (χ1n) is 4.66. The minimum absolute atomic E-state index is 0.103. The van der Waals surface area contributed by atoms with Gasteiger partial charge in [0.2, 0.25) is 0 Å². The molecule has 0 aromatic heterocycles. The van der Waals surface area contributed by atoms with E-state index in [1.54, 1.807) is 0 Å². The fourth-order valence-corrected chi connectivity index (χ4v) is 3.16. The van der Waals surface area contributed by atoms with Gasteiger partial charge in [-0.3, -0.25) is 4.79 Å². The first-order valence-corrected chi connectivity index (χ1v) is 6.10. The van der Waals surface area contributed by atoms with E-state index in [2.05, 4.69) is 0 Å². The topological polar surface area (TPSA) is 80.5 Å². The molecule has 1 aliphatic rings. The third kappa shape index (κ3) is 1.90. The molecule has 0 aliphatic carbocycles. The predicted octanol–water partition coefficient (Wildman–Crippen LogP) is 0.976. The lowest BCUT2D eigenvalue weighted by molar-refractivity contribution is -0.132. The van der Waals surface area contributed by atoms with Gasteiger partial charge in [-0.25, -0.2) is 12.7 Å². The van der Waals surface area contributed by atoms with Crippen LogP contribution in [0, 0.1) is 0 Å². The lowest BCUT2D eigenvalue weighted by atomic mass is 10.2. The zero-order valence-corrected chi connectivity index (χ0v) is 9.55. The van der Waals surface area contributed by atoms with Gasteiger partial charge in [0.15, 0.2) is 0 Å². The Morgan fingerprint density at radius 3 is 2.44 bits per heavy atom. The molecular weight excluding hydrogens is 273 g/mol. The maximum Gasteiger partial charge on any atom is 0.407 e. The van der Waals surface area contributed by atoms with Crippen molar-refractivity contribution in [2.45, 2.75) is 11.1 Å². The Balaban J connectivity index is 2.55. The van der Waals surface area contributed by atoms with Gasteiger partial charge in [0.05, 0.1) is 5.56 Å². The van der Waals surface area contributed by atoms with Crippen LogP contribution in [0.1, 0.15) is 10.4 Å². The number of hydrogen-bond acceptors (Lipinski definition) is 4. The van der Waals surface area contributed by atoms with E-state index in [9.17, 15) is 26.4 Å². The highest BCUT2D eigenvalue weighted by molar-refractivity contribution is 7.90.